The van der Waals surface area contributed by atoms with Gasteiger partial charge in [0.05, 0.1) is 0 Å². The SMILES string of the molecule is BC(B)(c1ccc(C(C)(C)C)cc1)C(C)C. The fourth-order valence-corrected chi connectivity index (χ4v) is 1.73. The van der Waals surface area contributed by atoms with Crippen LogP contribution in [0, 0.1) is 5.92 Å². The van der Waals surface area contributed by atoms with Crippen LogP contribution >= 0.6 is 0 Å². The molecule has 1 rings (SSSR count). The standard InChI is InChI=1S/C14H24B2/c1-10(2)14(15,16)12-8-6-11(7-9-12)13(3,4)5/h6-10H,15-16H2,1-5H3. The van der Waals surface area contributed by atoms with Crippen molar-refractivity contribution in [2.45, 2.75) is 45.2 Å². The second kappa shape index (κ2) is 4.31. The Morgan fingerprint density at radius 3 is 1.56 bits per heavy atom. The van der Waals surface area contributed by atoms with Crippen molar-refractivity contribution >= 4 is 15.7 Å². The summed E-state index contributed by atoms with van der Waals surface area (Å²) in [5.74, 6) is 0.660. The monoisotopic (exact) mass is 214 g/mol. The van der Waals surface area contributed by atoms with E-state index in [-0.39, 0.29) is 10.6 Å². The number of rotatable bonds is 2. The first-order chi connectivity index (χ1) is 7.15. The van der Waals surface area contributed by atoms with Gasteiger partial charge in [-0.1, -0.05) is 75.6 Å². The summed E-state index contributed by atoms with van der Waals surface area (Å²) in [6.45, 7) is 11.4. The van der Waals surface area contributed by atoms with Crippen molar-refractivity contribution in [1.82, 2.24) is 0 Å². The van der Waals surface area contributed by atoms with Crippen molar-refractivity contribution in [3.63, 3.8) is 0 Å². The molecule has 1 aromatic carbocycles. The molecule has 0 aromatic heterocycles. The minimum Gasteiger partial charge on any atom is -0.0633 e. The highest BCUT2D eigenvalue weighted by atomic mass is 14.2. The fourth-order valence-electron chi connectivity index (χ4n) is 1.73. The van der Waals surface area contributed by atoms with Gasteiger partial charge in [-0.2, -0.15) is 0 Å². The van der Waals surface area contributed by atoms with Crippen molar-refractivity contribution in [3.05, 3.63) is 35.4 Å². The maximum absolute atomic E-state index is 2.32. The molecule has 1 aromatic rings. The molecule has 0 spiro atoms. The Morgan fingerprint density at radius 2 is 1.25 bits per heavy atom. The van der Waals surface area contributed by atoms with Gasteiger partial charge >= 0.3 is 0 Å². The first kappa shape index (κ1) is 13.4. The van der Waals surface area contributed by atoms with E-state index in [0.29, 0.717) is 5.92 Å². The Kier molecular flexibility index (Phi) is 3.62. The molecule has 16 heavy (non-hydrogen) atoms. The summed E-state index contributed by atoms with van der Waals surface area (Å²) in [5, 5.41) is 0.260. The van der Waals surface area contributed by atoms with Crippen LogP contribution in [0.15, 0.2) is 24.3 Å². The summed E-state index contributed by atoms with van der Waals surface area (Å²) in [6, 6.07) is 9.14. The molecule has 0 aliphatic heterocycles. The Morgan fingerprint density at radius 1 is 0.875 bits per heavy atom. The Hall–Kier alpha value is -0.650. The second-order valence-electron chi connectivity index (χ2n) is 6.70. The lowest BCUT2D eigenvalue weighted by atomic mass is 9.46. The van der Waals surface area contributed by atoms with Crippen molar-refractivity contribution in [2.75, 3.05) is 0 Å². The minimum absolute atomic E-state index is 0.250. The van der Waals surface area contributed by atoms with Crippen LogP contribution in [-0.2, 0) is 10.6 Å². The smallest absolute Gasteiger partial charge is 0.0633 e. The summed E-state index contributed by atoms with van der Waals surface area (Å²) in [4.78, 5) is 0. The quantitative estimate of drug-likeness (QED) is 0.661. The van der Waals surface area contributed by atoms with Crippen LogP contribution < -0.4 is 0 Å². The van der Waals surface area contributed by atoms with E-state index in [2.05, 4.69) is 74.6 Å². The number of benzene rings is 1. The largest absolute Gasteiger partial charge is 0.105 e. The van der Waals surface area contributed by atoms with Crippen LogP contribution in [0.25, 0.3) is 0 Å². The van der Waals surface area contributed by atoms with E-state index in [0.717, 1.165) is 0 Å². The summed E-state index contributed by atoms with van der Waals surface area (Å²) < 4.78 is 0. The molecule has 0 heterocycles. The van der Waals surface area contributed by atoms with Crippen molar-refractivity contribution in [3.8, 4) is 0 Å². The van der Waals surface area contributed by atoms with Gasteiger partial charge in [0.15, 0.2) is 0 Å². The highest BCUT2D eigenvalue weighted by Gasteiger charge is 2.25. The second-order valence-corrected chi connectivity index (χ2v) is 6.70. The van der Waals surface area contributed by atoms with E-state index in [4.69, 9.17) is 0 Å². The van der Waals surface area contributed by atoms with E-state index in [1.54, 1.807) is 0 Å². The van der Waals surface area contributed by atoms with Crippen LogP contribution in [0.4, 0.5) is 0 Å². The molecule has 0 saturated carbocycles. The maximum atomic E-state index is 2.32. The lowest BCUT2D eigenvalue weighted by Crippen LogP contribution is -2.33. The molecule has 2 heteroatoms. The molecule has 0 radical (unpaired) electrons. The molecular weight excluding hydrogens is 190 g/mol. The van der Waals surface area contributed by atoms with Crippen LogP contribution in [-0.4, -0.2) is 15.7 Å². The lowest BCUT2D eigenvalue weighted by molar-refractivity contribution is 0.566. The topological polar surface area (TPSA) is 0 Å². The number of hydrogen-bond acceptors (Lipinski definition) is 0. The third kappa shape index (κ3) is 2.72. The zero-order valence-electron chi connectivity index (χ0n) is 11.9. The van der Waals surface area contributed by atoms with Gasteiger partial charge in [-0.05, 0) is 11.0 Å². The normalized spacial score (nSPS) is 13.1. The molecule has 0 bridgehead atoms. The van der Waals surface area contributed by atoms with Gasteiger partial charge in [0.25, 0.3) is 0 Å². The van der Waals surface area contributed by atoms with Crippen molar-refractivity contribution < 1.29 is 0 Å². The summed E-state index contributed by atoms with van der Waals surface area (Å²) in [6.07, 6.45) is 0. The molecule has 0 aliphatic carbocycles. The van der Waals surface area contributed by atoms with E-state index >= 15 is 0 Å². The van der Waals surface area contributed by atoms with Gasteiger partial charge in [0.1, 0.15) is 15.7 Å². The Balaban J connectivity index is 3.05. The van der Waals surface area contributed by atoms with Gasteiger partial charge in [-0.15, -0.1) is 0 Å². The molecule has 0 nitrogen and oxygen atoms in total. The predicted molar refractivity (Wildman–Crippen MR) is 78.7 cm³/mol. The highest BCUT2D eigenvalue weighted by molar-refractivity contribution is 6.40. The first-order valence-electron chi connectivity index (χ1n) is 6.26. The van der Waals surface area contributed by atoms with E-state index < -0.39 is 0 Å². The highest BCUT2D eigenvalue weighted by Crippen LogP contribution is 2.28. The molecule has 0 aliphatic rings. The van der Waals surface area contributed by atoms with Gasteiger partial charge < -0.3 is 0 Å². The predicted octanol–water partition coefficient (Wildman–Crippen LogP) is 2.06. The van der Waals surface area contributed by atoms with Crippen LogP contribution in [0.1, 0.15) is 45.7 Å². The Labute approximate surface area is 103 Å². The summed E-state index contributed by atoms with van der Waals surface area (Å²) in [5.41, 5.74) is 3.10. The molecule has 0 saturated heterocycles. The molecular formula is C14H24B2. The molecule has 0 unspecified atom stereocenters. The van der Waals surface area contributed by atoms with Crippen LogP contribution in [0.2, 0.25) is 0 Å². The molecule has 0 atom stereocenters. The van der Waals surface area contributed by atoms with E-state index in [9.17, 15) is 0 Å². The van der Waals surface area contributed by atoms with Crippen LogP contribution in [0.5, 0.6) is 0 Å². The molecule has 86 valence electrons. The van der Waals surface area contributed by atoms with Crippen molar-refractivity contribution in [2.24, 2.45) is 5.92 Å². The third-order valence-corrected chi connectivity index (χ3v) is 3.94. The summed E-state index contributed by atoms with van der Waals surface area (Å²) >= 11 is 0. The lowest BCUT2D eigenvalue weighted by Gasteiger charge is -2.31. The molecule has 0 amide bonds. The zero-order valence-corrected chi connectivity index (χ0v) is 11.9. The zero-order chi connectivity index (χ0) is 12.6. The third-order valence-electron chi connectivity index (χ3n) is 3.94. The average Bonchev–Trinajstić information content (AvgIpc) is 2.16. The van der Waals surface area contributed by atoms with Gasteiger partial charge in [-0.3, -0.25) is 0 Å². The van der Waals surface area contributed by atoms with Gasteiger partial charge in [0.2, 0.25) is 0 Å². The fraction of sp³-hybridized carbons (Fsp3) is 0.571. The molecule has 0 fully saturated rings. The first-order valence-corrected chi connectivity index (χ1v) is 6.26. The van der Waals surface area contributed by atoms with Gasteiger partial charge in [-0.25, -0.2) is 0 Å². The number of hydrogen-bond donors (Lipinski definition) is 0. The van der Waals surface area contributed by atoms with E-state index in [1.807, 2.05) is 0 Å². The van der Waals surface area contributed by atoms with Crippen LogP contribution in [0.3, 0.4) is 0 Å². The minimum atomic E-state index is 0.250. The van der Waals surface area contributed by atoms with Crippen molar-refractivity contribution in [1.29, 1.82) is 0 Å². The van der Waals surface area contributed by atoms with Gasteiger partial charge in [0, 0.05) is 0 Å². The summed E-state index contributed by atoms with van der Waals surface area (Å²) in [7, 11) is 4.65. The van der Waals surface area contributed by atoms with E-state index in [1.165, 1.54) is 11.1 Å². The maximum Gasteiger partial charge on any atom is 0.105 e. The average molecular weight is 214 g/mol. The molecule has 0 N–H and O–H groups in total. The Bertz CT molecular complexity index is 342.